The molecule has 0 aromatic carbocycles. The Balaban J connectivity index is 2.32. The van der Waals surface area contributed by atoms with Gasteiger partial charge in [-0.25, -0.2) is 4.79 Å². The van der Waals surface area contributed by atoms with Crippen LogP contribution >= 0.6 is 0 Å². The highest BCUT2D eigenvalue weighted by Crippen LogP contribution is 2.35. The quantitative estimate of drug-likeness (QED) is 0.831. The molecule has 21 heavy (non-hydrogen) atoms. The van der Waals surface area contributed by atoms with E-state index in [9.17, 15) is 14.7 Å². The van der Waals surface area contributed by atoms with E-state index in [-0.39, 0.29) is 6.61 Å². The number of hydrogen-bond acceptors (Lipinski definition) is 5. The van der Waals surface area contributed by atoms with Gasteiger partial charge in [0.2, 0.25) is 0 Å². The summed E-state index contributed by atoms with van der Waals surface area (Å²) in [6.07, 6.45) is 3.48. The molecule has 1 aliphatic heterocycles. The van der Waals surface area contributed by atoms with Crippen molar-refractivity contribution in [2.75, 3.05) is 13.2 Å². The SMILES string of the molecule is C=CCOC(=O)N1CCC[C@@H](C(=O)O)[C@H]1c1nncn1C. The van der Waals surface area contributed by atoms with Crippen LogP contribution in [0.15, 0.2) is 19.0 Å². The number of aryl methyl sites for hydroxylation is 1. The third-order valence-electron chi connectivity index (χ3n) is 3.52. The van der Waals surface area contributed by atoms with Crippen LogP contribution in [-0.2, 0) is 16.6 Å². The Labute approximate surface area is 122 Å². The van der Waals surface area contributed by atoms with E-state index < -0.39 is 24.0 Å². The first-order valence-electron chi connectivity index (χ1n) is 6.67. The fourth-order valence-corrected chi connectivity index (χ4v) is 2.55. The number of amides is 1. The molecule has 8 heteroatoms. The number of carboxylic acids is 1. The molecular weight excluding hydrogens is 276 g/mol. The molecule has 1 saturated heterocycles. The van der Waals surface area contributed by atoms with Crippen LogP contribution < -0.4 is 0 Å². The molecule has 1 N–H and O–H groups in total. The number of aromatic nitrogens is 3. The highest BCUT2D eigenvalue weighted by Gasteiger charge is 2.42. The molecule has 1 aliphatic rings. The number of hydrogen-bond donors (Lipinski definition) is 1. The van der Waals surface area contributed by atoms with Crippen LogP contribution in [0.25, 0.3) is 0 Å². The summed E-state index contributed by atoms with van der Waals surface area (Å²) in [5.41, 5.74) is 0. The Morgan fingerprint density at radius 2 is 2.38 bits per heavy atom. The minimum Gasteiger partial charge on any atom is -0.481 e. The van der Waals surface area contributed by atoms with E-state index >= 15 is 0 Å². The molecule has 0 bridgehead atoms. The van der Waals surface area contributed by atoms with Gasteiger partial charge in [-0.05, 0) is 12.8 Å². The topological polar surface area (TPSA) is 97.6 Å². The van der Waals surface area contributed by atoms with Crippen LogP contribution in [0, 0.1) is 5.92 Å². The molecule has 0 spiro atoms. The highest BCUT2D eigenvalue weighted by molar-refractivity contribution is 5.74. The first kappa shape index (κ1) is 15.0. The zero-order valence-electron chi connectivity index (χ0n) is 11.8. The second kappa shape index (κ2) is 6.38. The summed E-state index contributed by atoms with van der Waals surface area (Å²) in [4.78, 5) is 25.1. The van der Waals surface area contributed by atoms with Crippen LogP contribution in [0.5, 0.6) is 0 Å². The molecule has 1 amide bonds. The van der Waals surface area contributed by atoms with E-state index in [0.29, 0.717) is 25.2 Å². The molecule has 0 radical (unpaired) electrons. The maximum absolute atomic E-state index is 12.1. The van der Waals surface area contributed by atoms with Crippen LogP contribution in [0.1, 0.15) is 24.7 Å². The fourth-order valence-electron chi connectivity index (χ4n) is 2.55. The van der Waals surface area contributed by atoms with Crippen molar-refractivity contribution < 1.29 is 19.4 Å². The lowest BCUT2D eigenvalue weighted by molar-refractivity contribution is -0.145. The molecule has 0 saturated carbocycles. The smallest absolute Gasteiger partial charge is 0.410 e. The molecule has 114 valence electrons. The van der Waals surface area contributed by atoms with Gasteiger partial charge in [0, 0.05) is 13.6 Å². The Hall–Kier alpha value is -2.38. The summed E-state index contributed by atoms with van der Waals surface area (Å²) < 4.78 is 6.67. The van der Waals surface area contributed by atoms with Crippen molar-refractivity contribution >= 4 is 12.1 Å². The molecule has 1 aromatic rings. The third-order valence-corrected chi connectivity index (χ3v) is 3.52. The molecule has 1 aromatic heterocycles. The van der Waals surface area contributed by atoms with E-state index in [1.54, 1.807) is 11.6 Å². The Bertz CT molecular complexity index is 542. The lowest BCUT2D eigenvalue weighted by Gasteiger charge is -2.37. The van der Waals surface area contributed by atoms with Gasteiger partial charge in [0.1, 0.15) is 19.0 Å². The van der Waals surface area contributed by atoms with Gasteiger partial charge in [0.05, 0.1) is 5.92 Å². The van der Waals surface area contributed by atoms with Gasteiger partial charge in [0.25, 0.3) is 0 Å². The van der Waals surface area contributed by atoms with Crippen molar-refractivity contribution in [2.24, 2.45) is 13.0 Å². The minimum absolute atomic E-state index is 0.0820. The van der Waals surface area contributed by atoms with Crippen LogP contribution in [0.2, 0.25) is 0 Å². The van der Waals surface area contributed by atoms with Crippen molar-refractivity contribution in [3.05, 3.63) is 24.8 Å². The van der Waals surface area contributed by atoms with Crippen molar-refractivity contribution in [2.45, 2.75) is 18.9 Å². The van der Waals surface area contributed by atoms with Gasteiger partial charge in [-0.3, -0.25) is 9.69 Å². The summed E-state index contributed by atoms with van der Waals surface area (Å²) in [5.74, 6) is -1.24. The second-order valence-electron chi connectivity index (χ2n) is 4.89. The van der Waals surface area contributed by atoms with Crippen molar-refractivity contribution in [1.82, 2.24) is 19.7 Å². The minimum atomic E-state index is -0.954. The summed E-state index contributed by atoms with van der Waals surface area (Å²) in [7, 11) is 1.72. The highest BCUT2D eigenvalue weighted by atomic mass is 16.6. The number of aliphatic carboxylic acids is 1. The lowest BCUT2D eigenvalue weighted by atomic mass is 9.89. The summed E-state index contributed by atoms with van der Waals surface area (Å²) in [5, 5.41) is 17.2. The van der Waals surface area contributed by atoms with Gasteiger partial charge in [-0.2, -0.15) is 0 Å². The fraction of sp³-hybridized carbons (Fsp3) is 0.538. The normalized spacial score (nSPS) is 21.9. The number of carbonyl (C=O) groups excluding carboxylic acids is 1. The van der Waals surface area contributed by atoms with E-state index in [1.807, 2.05) is 0 Å². The first-order valence-corrected chi connectivity index (χ1v) is 6.67. The van der Waals surface area contributed by atoms with Gasteiger partial charge < -0.3 is 14.4 Å². The summed E-state index contributed by atoms with van der Waals surface area (Å²) in [6.45, 7) is 4.00. The zero-order chi connectivity index (χ0) is 15.4. The van der Waals surface area contributed by atoms with Gasteiger partial charge in [0.15, 0.2) is 5.82 Å². The van der Waals surface area contributed by atoms with E-state index in [4.69, 9.17) is 4.74 Å². The Morgan fingerprint density at radius 3 is 2.95 bits per heavy atom. The number of nitrogens with zero attached hydrogens (tertiary/aromatic N) is 4. The predicted octanol–water partition coefficient (Wildman–Crippen LogP) is 0.975. The summed E-state index contributed by atoms with van der Waals surface area (Å²) in [6, 6.07) is -0.680. The predicted molar refractivity (Wildman–Crippen MR) is 72.4 cm³/mol. The molecule has 1 fully saturated rings. The molecule has 2 atom stereocenters. The molecule has 0 unspecified atom stereocenters. The summed E-state index contributed by atoms with van der Waals surface area (Å²) >= 11 is 0. The number of rotatable bonds is 4. The van der Waals surface area contributed by atoms with Gasteiger partial charge in [-0.1, -0.05) is 12.7 Å². The second-order valence-corrected chi connectivity index (χ2v) is 4.89. The van der Waals surface area contributed by atoms with E-state index in [0.717, 1.165) is 0 Å². The maximum Gasteiger partial charge on any atom is 0.410 e. The average Bonchev–Trinajstić information content (AvgIpc) is 2.89. The maximum atomic E-state index is 12.1. The largest absolute Gasteiger partial charge is 0.481 e. The van der Waals surface area contributed by atoms with Crippen molar-refractivity contribution in [3.63, 3.8) is 0 Å². The Morgan fingerprint density at radius 1 is 1.62 bits per heavy atom. The first-order chi connectivity index (χ1) is 10.1. The number of piperidine rings is 1. The zero-order valence-corrected chi connectivity index (χ0v) is 11.8. The molecule has 0 aliphatic carbocycles. The number of carbonyl (C=O) groups is 2. The van der Waals surface area contributed by atoms with Crippen molar-refractivity contribution in [3.8, 4) is 0 Å². The van der Waals surface area contributed by atoms with Crippen LogP contribution in [0.4, 0.5) is 4.79 Å². The standard InChI is InChI=1S/C13H18N4O4/c1-3-7-21-13(20)17-6-4-5-9(12(18)19)10(17)11-15-14-8-16(11)2/h3,8-10H,1,4-7H2,2H3,(H,18,19)/t9-,10+/m1/s1. The molecular formula is C13H18N4O4. The molecule has 8 nitrogen and oxygen atoms in total. The van der Waals surface area contributed by atoms with Gasteiger partial charge >= 0.3 is 12.1 Å². The third kappa shape index (κ3) is 3.04. The van der Waals surface area contributed by atoms with Crippen molar-refractivity contribution in [1.29, 1.82) is 0 Å². The number of carboxylic acid groups (broad SMARTS) is 1. The number of ether oxygens (including phenoxy) is 1. The van der Waals surface area contributed by atoms with Crippen LogP contribution in [-0.4, -0.2) is 50.0 Å². The molecule has 2 heterocycles. The van der Waals surface area contributed by atoms with Crippen LogP contribution in [0.3, 0.4) is 0 Å². The monoisotopic (exact) mass is 294 g/mol. The average molecular weight is 294 g/mol. The number of likely N-dealkylation sites (tertiary alicyclic amines) is 1. The van der Waals surface area contributed by atoms with Gasteiger partial charge in [-0.15, -0.1) is 10.2 Å². The van der Waals surface area contributed by atoms with E-state index in [2.05, 4.69) is 16.8 Å². The van der Waals surface area contributed by atoms with E-state index in [1.165, 1.54) is 17.3 Å². The molecule has 2 rings (SSSR count). The Kier molecular flexibility index (Phi) is 4.56. The lowest BCUT2D eigenvalue weighted by Crippen LogP contribution is -2.46.